The van der Waals surface area contributed by atoms with Gasteiger partial charge in [-0.25, -0.2) is 4.79 Å². The number of carbonyl (C=O) groups excluding carboxylic acids is 1. The number of hydrogen-bond acceptors (Lipinski definition) is 4. The Kier molecular flexibility index (Phi) is 8.68. The lowest BCUT2D eigenvalue weighted by atomic mass is 10.1. The zero-order valence-electron chi connectivity index (χ0n) is 18.4. The van der Waals surface area contributed by atoms with Gasteiger partial charge in [-0.3, -0.25) is 0 Å². The van der Waals surface area contributed by atoms with Crippen molar-refractivity contribution in [2.75, 3.05) is 18.1 Å². The van der Waals surface area contributed by atoms with Crippen molar-refractivity contribution < 1.29 is 14.3 Å². The van der Waals surface area contributed by atoms with E-state index >= 15 is 0 Å². The van der Waals surface area contributed by atoms with Crippen molar-refractivity contribution in [2.24, 2.45) is 0 Å². The fourth-order valence-corrected chi connectivity index (χ4v) is 3.55. The van der Waals surface area contributed by atoms with Gasteiger partial charge in [0.15, 0.2) is 6.10 Å². The molecule has 0 heterocycles. The van der Waals surface area contributed by atoms with Crippen molar-refractivity contribution in [2.45, 2.75) is 39.5 Å². The Morgan fingerprint density at radius 2 is 1.29 bits per heavy atom. The van der Waals surface area contributed by atoms with Crippen LogP contribution in [0.25, 0.3) is 0 Å². The Hall–Kier alpha value is -3.11. The lowest BCUT2D eigenvalue weighted by Crippen LogP contribution is -2.29. The highest BCUT2D eigenvalue weighted by Gasteiger charge is 2.20. The molecule has 4 heteroatoms. The number of esters is 1. The minimum Gasteiger partial charge on any atom is -0.464 e. The summed E-state index contributed by atoms with van der Waals surface area (Å²) < 4.78 is 10.8. The number of ether oxygens (including phenoxy) is 2. The molecule has 0 spiro atoms. The summed E-state index contributed by atoms with van der Waals surface area (Å²) in [5.74, 6) is -0.303. The summed E-state index contributed by atoms with van der Waals surface area (Å²) in [5.41, 5.74) is 4.72. The Morgan fingerprint density at radius 1 is 0.742 bits per heavy atom. The number of rotatable bonds is 11. The first-order valence-corrected chi connectivity index (χ1v) is 10.9. The summed E-state index contributed by atoms with van der Waals surface area (Å²) in [6, 6.07) is 29.4. The molecule has 4 nitrogen and oxygen atoms in total. The highest BCUT2D eigenvalue weighted by atomic mass is 16.6. The van der Waals surface area contributed by atoms with E-state index in [-0.39, 0.29) is 5.97 Å². The molecule has 0 saturated heterocycles. The lowest BCUT2D eigenvalue weighted by molar-refractivity contribution is -0.156. The molecule has 0 fully saturated rings. The van der Waals surface area contributed by atoms with Gasteiger partial charge in [-0.2, -0.15) is 0 Å². The molecule has 0 N–H and O–H groups in total. The van der Waals surface area contributed by atoms with Crippen LogP contribution in [0, 0.1) is 0 Å². The van der Waals surface area contributed by atoms with E-state index in [1.54, 1.807) is 0 Å². The molecule has 0 amide bonds. The van der Waals surface area contributed by atoms with Crippen LogP contribution in [0.15, 0.2) is 84.9 Å². The molecule has 0 radical (unpaired) electrons. The van der Waals surface area contributed by atoms with Crippen LogP contribution in [0.5, 0.6) is 0 Å². The molecule has 1 atom stereocenters. The molecule has 3 aromatic carbocycles. The lowest BCUT2D eigenvalue weighted by Gasteiger charge is -2.26. The van der Waals surface area contributed by atoms with E-state index in [0.29, 0.717) is 19.6 Å². The van der Waals surface area contributed by atoms with E-state index in [0.717, 1.165) is 24.3 Å². The standard InChI is InChI=1S/C27H31NO3/c1-3-30-26(27(29)31-4-2)19-22-15-17-25(18-16-22)28(20-23-11-7-5-8-12-23)21-24-13-9-6-10-14-24/h5-18,26H,3-4,19-21H2,1-2H3/t26-/m0/s1. The van der Waals surface area contributed by atoms with Gasteiger partial charge >= 0.3 is 5.97 Å². The van der Waals surface area contributed by atoms with Crippen LogP contribution in [0.4, 0.5) is 5.69 Å². The van der Waals surface area contributed by atoms with Gasteiger partial charge in [-0.05, 0) is 42.7 Å². The molecule has 0 unspecified atom stereocenters. The van der Waals surface area contributed by atoms with Crippen molar-refractivity contribution in [3.05, 3.63) is 102 Å². The Balaban J connectivity index is 1.76. The summed E-state index contributed by atoms with van der Waals surface area (Å²) in [6.45, 7) is 6.17. The minimum atomic E-state index is -0.569. The highest BCUT2D eigenvalue weighted by Crippen LogP contribution is 2.22. The summed E-state index contributed by atoms with van der Waals surface area (Å²) in [5, 5.41) is 0. The molecular formula is C27H31NO3. The molecule has 0 aliphatic carbocycles. The van der Waals surface area contributed by atoms with E-state index in [1.165, 1.54) is 11.1 Å². The maximum atomic E-state index is 12.2. The topological polar surface area (TPSA) is 38.8 Å². The first kappa shape index (κ1) is 22.6. The second-order valence-corrected chi connectivity index (χ2v) is 7.39. The van der Waals surface area contributed by atoms with Gasteiger partial charge in [-0.15, -0.1) is 0 Å². The van der Waals surface area contributed by atoms with Crippen molar-refractivity contribution in [3.8, 4) is 0 Å². The fraction of sp³-hybridized carbons (Fsp3) is 0.296. The number of nitrogens with zero attached hydrogens (tertiary/aromatic N) is 1. The zero-order valence-corrected chi connectivity index (χ0v) is 18.4. The van der Waals surface area contributed by atoms with E-state index < -0.39 is 6.10 Å². The third-order valence-corrected chi connectivity index (χ3v) is 5.07. The third-order valence-electron chi connectivity index (χ3n) is 5.07. The Morgan fingerprint density at radius 3 is 1.77 bits per heavy atom. The summed E-state index contributed by atoms with van der Waals surface area (Å²) in [7, 11) is 0. The molecule has 31 heavy (non-hydrogen) atoms. The predicted octanol–water partition coefficient (Wildman–Crippen LogP) is 5.40. The smallest absolute Gasteiger partial charge is 0.335 e. The molecule has 3 aromatic rings. The van der Waals surface area contributed by atoms with Crippen LogP contribution >= 0.6 is 0 Å². The monoisotopic (exact) mass is 417 g/mol. The quantitative estimate of drug-likeness (QED) is 0.391. The van der Waals surface area contributed by atoms with Gasteiger partial charge < -0.3 is 14.4 Å². The number of carbonyl (C=O) groups is 1. The summed E-state index contributed by atoms with van der Waals surface area (Å²) in [4.78, 5) is 14.5. The molecule has 0 saturated carbocycles. The predicted molar refractivity (Wildman–Crippen MR) is 125 cm³/mol. The highest BCUT2D eigenvalue weighted by molar-refractivity contribution is 5.75. The van der Waals surface area contributed by atoms with E-state index in [9.17, 15) is 4.79 Å². The molecule has 3 rings (SSSR count). The van der Waals surface area contributed by atoms with Crippen LogP contribution < -0.4 is 4.90 Å². The SMILES string of the molecule is CCOC(=O)[C@H](Cc1ccc(N(Cc2ccccc2)Cc2ccccc2)cc1)OCC. The normalized spacial score (nSPS) is 11.7. The van der Waals surface area contributed by atoms with Crippen LogP contribution in [-0.4, -0.2) is 25.3 Å². The Labute approximate surface area is 185 Å². The zero-order chi connectivity index (χ0) is 21.9. The van der Waals surface area contributed by atoms with Crippen molar-refractivity contribution in [1.82, 2.24) is 0 Å². The first-order chi connectivity index (χ1) is 15.2. The molecule has 0 aromatic heterocycles. The summed E-state index contributed by atoms with van der Waals surface area (Å²) in [6.07, 6.45) is -0.0647. The van der Waals surface area contributed by atoms with Crippen molar-refractivity contribution in [3.63, 3.8) is 0 Å². The van der Waals surface area contributed by atoms with Gasteiger partial charge in [0.05, 0.1) is 6.61 Å². The van der Waals surface area contributed by atoms with Gasteiger partial charge in [0.25, 0.3) is 0 Å². The van der Waals surface area contributed by atoms with Crippen molar-refractivity contribution >= 4 is 11.7 Å². The summed E-state index contributed by atoms with van der Waals surface area (Å²) >= 11 is 0. The van der Waals surface area contributed by atoms with Crippen LogP contribution in [-0.2, 0) is 33.8 Å². The molecule has 0 bridgehead atoms. The number of hydrogen-bond donors (Lipinski definition) is 0. The maximum Gasteiger partial charge on any atom is 0.335 e. The van der Waals surface area contributed by atoms with E-state index in [4.69, 9.17) is 9.47 Å². The average molecular weight is 418 g/mol. The molecule has 0 aliphatic heterocycles. The van der Waals surface area contributed by atoms with Crippen LogP contribution in [0.3, 0.4) is 0 Å². The van der Waals surface area contributed by atoms with Crippen molar-refractivity contribution in [1.29, 1.82) is 0 Å². The van der Waals surface area contributed by atoms with Gasteiger partial charge in [0.2, 0.25) is 0 Å². The van der Waals surface area contributed by atoms with Crippen LogP contribution in [0.1, 0.15) is 30.5 Å². The minimum absolute atomic E-state index is 0.303. The second kappa shape index (κ2) is 11.9. The molecular weight excluding hydrogens is 386 g/mol. The third kappa shape index (κ3) is 6.97. The largest absolute Gasteiger partial charge is 0.464 e. The van der Waals surface area contributed by atoms with Gasteiger partial charge in [0.1, 0.15) is 0 Å². The number of benzene rings is 3. The first-order valence-electron chi connectivity index (χ1n) is 10.9. The fourth-order valence-electron chi connectivity index (χ4n) is 3.55. The van der Waals surface area contributed by atoms with Crippen LogP contribution in [0.2, 0.25) is 0 Å². The van der Waals surface area contributed by atoms with E-state index in [2.05, 4.69) is 77.7 Å². The number of anilines is 1. The molecule has 162 valence electrons. The van der Waals surface area contributed by atoms with E-state index in [1.807, 2.05) is 26.0 Å². The van der Waals surface area contributed by atoms with Gasteiger partial charge in [0, 0.05) is 31.8 Å². The average Bonchev–Trinajstić information content (AvgIpc) is 2.80. The Bertz CT molecular complexity index is 869. The van der Waals surface area contributed by atoms with Gasteiger partial charge in [-0.1, -0.05) is 72.8 Å². The maximum absolute atomic E-state index is 12.2. The second-order valence-electron chi connectivity index (χ2n) is 7.39. The molecule has 0 aliphatic rings.